The highest BCUT2D eigenvalue weighted by Crippen LogP contribution is 2.31. The van der Waals surface area contributed by atoms with Gasteiger partial charge in [-0.05, 0) is 32.2 Å². The molecule has 1 fully saturated rings. The van der Waals surface area contributed by atoms with E-state index in [1.54, 1.807) is 6.07 Å². The van der Waals surface area contributed by atoms with Crippen LogP contribution in [0.15, 0.2) is 18.3 Å². The molecule has 0 bridgehead atoms. The van der Waals surface area contributed by atoms with E-state index in [1.807, 2.05) is 0 Å². The van der Waals surface area contributed by atoms with Crippen molar-refractivity contribution < 1.29 is 4.92 Å². The molecule has 1 aromatic heterocycles. The first-order valence-electron chi connectivity index (χ1n) is 7.24. The van der Waals surface area contributed by atoms with Crippen LogP contribution in [-0.2, 0) is 0 Å². The normalized spacial score (nSPS) is 22.5. The molecule has 0 amide bonds. The van der Waals surface area contributed by atoms with Crippen LogP contribution in [0.3, 0.4) is 0 Å². The zero-order valence-electron chi connectivity index (χ0n) is 11.9. The molecule has 110 valence electrons. The molecular weight excluding hydrogens is 256 g/mol. The third-order valence-corrected chi connectivity index (χ3v) is 4.15. The van der Waals surface area contributed by atoms with Crippen molar-refractivity contribution in [1.29, 1.82) is 0 Å². The minimum Gasteiger partial charge on any atom is -0.353 e. The standard InChI is InChI=1S/C14H22N4O2/c1-2-17(13-6-4-3-5-11(13)10-15)14-9-12(18(19)20)7-8-16-14/h7-9,11,13H,2-6,10,15H2,1H3. The van der Waals surface area contributed by atoms with Crippen molar-refractivity contribution in [1.82, 2.24) is 4.98 Å². The van der Waals surface area contributed by atoms with Crippen LogP contribution in [0, 0.1) is 16.0 Å². The molecular formula is C14H22N4O2. The maximum Gasteiger partial charge on any atom is 0.274 e. The van der Waals surface area contributed by atoms with Crippen molar-refractivity contribution in [3.8, 4) is 0 Å². The van der Waals surface area contributed by atoms with Crippen LogP contribution in [0.25, 0.3) is 0 Å². The van der Waals surface area contributed by atoms with Crippen molar-refractivity contribution in [3.63, 3.8) is 0 Å². The number of pyridine rings is 1. The SMILES string of the molecule is CCN(c1cc([N+](=O)[O-])ccn1)C1CCCCC1CN. The predicted octanol–water partition coefficient (Wildman–Crippen LogP) is 2.33. The average molecular weight is 278 g/mol. The molecule has 0 spiro atoms. The zero-order chi connectivity index (χ0) is 14.5. The van der Waals surface area contributed by atoms with Gasteiger partial charge in [0.25, 0.3) is 5.69 Å². The molecule has 0 radical (unpaired) electrons. The zero-order valence-corrected chi connectivity index (χ0v) is 11.9. The van der Waals surface area contributed by atoms with E-state index in [0.29, 0.717) is 24.3 Å². The molecule has 1 aliphatic carbocycles. The van der Waals surface area contributed by atoms with E-state index >= 15 is 0 Å². The molecule has 0 aromatic carbocycles. The third-order valence-electron chi connectivity index (χ3n) is 4.15. The van der Waals surface area contributed by atoms with E-state index < -0.39 is 0 Å². The number of nitrogens with zero attached hydrogens (tertiary/aromatic N) is 3. The molecule has 2 N–H and O–H groups in total. The molecule has 1 heterocycles. The van der Waals surface area contributed by atoms with Crippen LogP contribution in [0.1, 0.15) is 32.6 Å². The summed E-state index contributed by atoms with van der Waals surface area (Å²) in [5.74, 6) is 1.14. The first-order chi connectivity index (χ1) is 9.67. The van der Waals surface area contributed by atoms with Crippen LogP contribution >= 0.6 is 0 Å². The Morgan fingerprint density at radius 2 is 2.25 bits per heavy atom. The second-order valence-electron chi connectivity index (χ2n) is 5.26. The number of aromatic nitrogens is 1. The Labute approximate surface area is 119 Å². The van der Waals surface area contributed by atoms with Crippen molar-refractivity contribution in [2.24, 2.45) is 11.7 Å². The predicted molar refractivity (Wildman–Crippen MR) is 78.7 cm³/mol. The van der Waals surface area contributed by atoms with Crippen LogP contribution in [0.2, 0.25) is 0 Å². The highest BCUT2D eigenvalue weighted by atomic mass is 16.6. The Hall–Kier alpha value is -1.69. The second-order valence-corrected chi connectivity index (χ2v) is 5.26. The fraction of sp³-hybridized carbons (Fsp3) is 0.643. The third kappa shape index (κ3) is 3.07. The number of rotatable bonds is 5. The van der Waals surface area contributed by atoms with Gasteiger partial charge in [0, 0.05) is 24.8 Å². The summed E-state index contributed by atoms with van der Waals surface area (Å²) < 4.78 is 0. The highest BCUT2D eigenvalue weighted by molar-refractivity contribution is 5.47. The molecule has 6 heteroatoms. The first kappa shape index (κ1) is 14.7. The molecule has 2 atom stereocenters. The van der Waals surface area contributed by atoms with Gasteiger partial charge in [-0.2, -0.15) is 0 Å². The van der Waals surface area contributed by atoms with Gasteiger partial charge in [-0.25, -0.2) is 4.98 Å². The van der Waals surface area contributed by atoms with Gasteiger partial charge in [0.05, 0.1) is 11.0 Å². The number of hydrogen-bond acceptors (Lipinski definition) is 5. The van der Waals surface area contributed by atoms with E-state index in [4.69, 9.17) is 5.73 Å². The van der Waals surface area contributed by atoms with Gasteiger partial charge in [0.15, 0.2) is 0 Å². The van der Waals surface area contributed by atoms with Crippen LogP contribution in [-0.4, -0.2) is 29.0 Å². The summed E-state index contributed by atoms with van der Waals surface area (Å²) >= 11 is 0. The Kier molecular flexibility index (Phi) is 4.89. The molecule has 2 rings (SSSR count). The fourth-order valence-corrected chi connectivity index (χ4v) is 3.12. The maximum absolute atomic E-state index is 10.9. The van der Waals surface area contributed by atoms with Crippen LogP contribution < -0.4 is 10.6 Å². The van der Waals surface area contributed by atoms with Crippen molar-refractivity contribution >= 4 is 11.5 Å². The van der Waals surface area contributed by atoms with E-state index in [1.165, 1.54) is 25.1 Å². The maximum atomic E-state index is 10.9. The van der Waals surface area contributed by atoms with E-state index in [2.05, 4.69) is 16.8 Å². The van der Waals surface area contributed by atoms with Crippen molar-refractivity contribution in [2.75, 3.05) is 18.0 Å². The molecule has 1 aliphatic rings. The number of anilines is 1. The lowest BCUT2D eigenvalue weighted by atomic mass is 9.83. The van der Waals surface area contributed by atoms with Gasteiger partial charge in [0.1, 0.15) is 5.82 Å². The quantitative estimate of drug-likeness (QED) is 0.660. The van der Waals surface area contributed by atoms with E-state index in [9.17, 15) is 10.1 Å². The Balaban J connectivity index is 2.26. The summed E-state index contributed by atoms with van der Waals surface area (Å²) in [6, 6.07) is 3.33. The summed E-state index contributed by atoms with van der Waals surface area (Å²) in [5, 5.41) is 10.9. The number of nitrogens with two attached hydrogens (primary N) is 1. The van der Waals surface area contributed by atoms with E-state index in [0.717, 1.165) is 19.4 Å². The summed E-state index contributed by atoms with van der Waals surface area (Å²) in [7, 11) is 0. The lowest BCUT2D eigenvalue weighted by molar-refractivity contribution is -0.384. The van der Waals surface area contributed by atoms with Crippen molar-refractivity contribution in [2.45, 2.75) is 38.6 Å². The Bertz CT molecular complexity index is 466. The summed E-state index contributed by atoms with van der Waals surface area (Å²) in [5.41, 5.74) is 5.98. The minimum absolute atomic E-state index is 0.0913. The molecule has 2 unspecified atom stereocenters. The van der Waals surface area contributed by atoms with Gasteiger partial charge < -0.3 is 10.6 Å². The Morgan fingerprint density at radius 3 is 2.90 bits per heavy atom. The van der Waals surface area contributed by atoms with E-state index in [-0.39, 0.29) is 10.6 Å². The monoisotopic (exact) mass is 278 g/mol. The lowest BCUT2D eigenvalue weighted by Gasteiger charge is -2.39. The molecule has 0 aliphatic heterocycles. The van der Waals surface area contributed by atoms with Gasteiger partial charge in [-0.1, -0.05) is 12.8 Å². The van der Waals surface area contributed by atoms with Gasteiger partial charge >= 0.3 is 0 Å². The number of nitro groups is 1. The van der Waals surface area contributed by atoms with Gasteiger partial charge in [-0.15, -0.1) is 0 Å². The van der Waals surface area contributed by atoms with Gasteiger partial charge in [-0.3, -0.25) is 10.1 Å². The molecule has 6 nitrogen and oxygen atoms in total. The number of hydrogen-bond donors (Lipinski definition) is 1. The molecule has 1 saturated carbocycles. The second kappa shape index (κ2) is 6.65. The Morgan fingerprint density at radius 1 is 1.50 bits per heavy atom. The minimum atomic E-state index is -0.375. The van der Waals surface area contributed by atoms with Crippen LogP contribution in [0.4, 0.5) is 11.5 Å². The van der Waals surface area contributed by atoms with Crippen molar-refractivity contribution in [3.05, 3.63) is 28.4 Å². The topological polar surface area (TPSA) is 85.3 Å². The lowest BCUT2D eigenvalue weighted by Crippen LogP contribution is -2.45. The largest absolute Gasteiger partial charge is 0.353 e. The molecule has 0 saturated heterocycles. The summed E-state index contributed by atoms with van der Waals surface area (Å²) in [4.78, 5) is 17.0. The van der Waals surface area contributed by atoms with Gasteiger partial charge in [0.2, 0.25) is 0 Å². The molecule has 20 heavy (non-hydrogen) atoms. The summed E-state index contributed by atoms with van der Waals surface area (Å²) in [6.45, 7) is 3.51. The first-order valence-corrected chi connectivity index (χ1v) is 7.24. The smallest absolute Gasteiger partial charge is 0.274 e. The highest BCUT2D eigenvalue weighted by Gasteiger charge is 2.29. The average Bonchev–Trinajstić information content (AvgIpc) is 2.49. The summed E-state index contributed by atoms with van der Waals surface area (Å²) in [6.07, 6.45) is 6.13. The fourth-order valence-electron chi connectivity index (χ4n) is 3.12. The molecule has 1 aromatic rings. The van der Waals surface area contributed by atoms with Crippen LogP contribution in [0.5, 0.6) is 0 Å².